The third-order valence-corrected chi connectivity index (χ3v) is 8.37. The first-order chi connectivity index (χ1) is 23.5. The van der Waals surface area contributed by atoms with Crippen molar-refractivity contribution in [2.45, 2.75) is 136 Å². The second kappa shape index (κ2) is 21.2. The van der Waals surface area contributed by atoms with Crippen LogP contribution in [0.25, 0.3) is 0 Å². The van der Waals surface area contributed by atoms with E-state index in [2.05, 4.69) is 21.3 Å². The van der Waals surface area contributed by atoms with Crippen molar-refractivity contribution in [3.05, 3.63) is 71.8 Å². The second-order valence-corrected chi connectivity index (χ2v) is 15.2. The van der Waals surface area contributed by atoms with Crippen molar-refractivity contribution in [2.24, 2.45) is 5.41 Å². The average Bonchev–Trinajstić information content (AvgIpc) is 3.04. The molecular formula is C40H60N4O6. The Balaban J connectivity index is 1.91. The van der Waals surface area contributed by atoms with Crippen molar-refractivity contribution in [2.75, 3.05) is 6.54 Å². The van der Waals surface area contributed by atoms with Crippen LogP contribution in [0.1, 0.15) is 110 Å². The minimum absolute atomic E-state index is 0.0510. The van der Waals surface area contributed by atoms with E-state index >= 15 is 0 Å². The van der Waals surface area contributed by atoms with Crippen LogP contribution in [-0.4, -0.2) is 64.8 Å². The number of amides is 3. The first kappa shape index (κ1) is 42.1. The van der Waals surface area contributed by atoms with Crippen molar-refractivity contribution in [3.8, 4) is 0 Å². The van der Waals surface area contributed by atoms with Gasteiger partial charge in [-0.1, -0.05) is 94.3 Å². The Morgan fingerprint density at radius 2 is 1.12 bits per heavy atom. The molecule has 0 aliphatic carbocycles. The summed E-state index contributed by atoms with van der Waals surface area (Å²) in [5.41, 5.74) is 1.11. The van der Waals surface area contributed by atoms with E-state index in [1.807, 2.05) is 102 Å². The number of carbonyl (C=O) groups excluding carboxylic acids is 4. The van der Waals surface area contributed by atoms with E-state index in [1.54, 1.807) is 0 Å². The minimum Gasteiger partial charge on any atom is -0.480 e. The fraction of sp³-hybridized carbons (Fsp3) is 0.575. The lowest BCUT2D eigenvalue weighted by atomic mass is 9.88. The van der Waals surface area contributed by atoms with Gasteiger partial charge in [-0.25, -0.2) is 4.79 Å². The fourth-order valence-electron chi connectivity index (χ4n) is 5.53. The van der Waals surface area contributed by atoms with Gasteiger partial charge in [0.05, 0.1) is 6.04 Å². The van der Waals surface area contributed by atoms with E-state index in [-0.39, 0.29) is 41.4 Å². The highest BCUT2D eigenvalue weighted by Crippen LogP contribution is 2.19. The lowest BCUT2D eigenvalue weighted by Crippen LogP contribution is -2.58. The quantitative estimate of drug-likeness (QED) is 0.102. The van der Waals surface area contributed by atoms with Crippen molar-refractivity contribution in [1.82, 2.24) is 21.3 Å². The Morgan fingerprint density at radius 3 is 1.64 bits per heavy atom. The highest BCUT2D eigenvalue weighted by molar-refractivity contribution is 5.92. The Labute approximate surface area is 299 Å². The van der Waals surface area contributed by atoms with Crippen LogP contribution in [-0.2, 0) is 36.8 Å². The number of unbranched alkanes of at least 4 members (excludes halogenated alkanes) is 4. The van der Waals surface area contributed by atoms with E-state index in [4.69, 9.17) is 0 Å². The largest absolute Gasteiger partial charge is 0.480 e. The summed E-state index contributed by atoms with van der Waals surface area (Å²) in [6.45, 7) is 12.1. The molecule has 2 aromatic carbocycles. The lowest BCUT2D eigenvalue weighted by Gasteiger charge is -2.30. The van der Waals surface area contributed by atoms with E-state index < -0.39 is 30.0 Å². The SMILES string of the molecule is CC(C)(C)NC(Cc1ccccc1)C(=O)NC(Cc1ccccc1)C(=O)NC(CCCCNC(=O)CCCCCCC(=O)C(C)(C)C)C(=O)O. The highest BCUT2D eigenvalue weighted by atomic mass is 16.4. The summed E-state index contributed by atoms with van der Waals surface area (Å²) in [4.78, 5) is 63.7. The lowest BCUT2D eigenvalue weighted by molar-refractivity contribution is -0.142. The minimum atomic E-state index is -1.16. The molecule has 10 heteroatoms. The van der Waals surface area contributed by atoms with Crippen LogP contribution in [0.5, 0.6) is 0 Å². The van der Waals surface area contributed by atoms with Gasteiger partial charge in [-0.2, -0.15) is 0 Å². The molecule has 0 radical (unpaired) electrons. The molecule has 50 heavy (non-hydrogen) atoms. The van der Waals surface area contributed by atoms with E-state index in [1.165, 1.54) is 0 Å². The molecule has 0 saturated carbocycles. The molecule has 3 amide bonds. The molecule has 0 bridgehead atoms. The molecule has 0 spiro atoms. The van der Waals surface area contributed by atoms with Gasteiger partial charge in [-0.15, -0.1) is 0 Å². The number of nitrogens with one attached hydrogen (secondary N) is 4. The van der Waals surface area contributed by atoms with Gasteiger partial charge in [0.15, 0.2) is 0 Å². The summed E-state index contributed by atoms with van der Waals surface area (Å²) >= 11 is 0. The molecule has 2 aromatic rings. The summed E-state index contributed by atoms with van der Waals surface area (Å²) in [5.74, 6) is -1.87. The molecule has 5 N–H and O–H groups in total. The smallest absolute Gasteiger partial charge is 0.326 e. The van der Waals surface area contributed by atoms with Crippen LogP contribution in [0.3, 0.4) is 0 Å². The molecule has 10 nitrogen and oxygen atoms in total. The summed E-state index contributed by atoms with van der Waals surface area (Å²) in [6.07, 6.45) is 6.19. The standard InChI is InChI=1S/C40H60N4O6/c1-39(2,3)34(45)24-15-7-8-16-25-35(46)41-26-18-17-23-31(38(49)50)42-36(47)32(27-29-19-11-9-12-20-29)43-37(48)33(44-40(4,5)6)28-30-21-13-10-14-22-30/h9-14,19-22,31-33,44H,7-8,15-18,23-28H2,1-6H3,(H,41,46)(H,42,47)(H,43,48)(H,49,50). The summed E-state index contributed by atoms with van der Waals surface area (Å²) in [7, 11) is 0. The van der Waals surface area contributed by atoms with Gasteiger partial charge >= 0.3 is 5.97 Å². The van der Waals surface area contributed by atoms with Crippen molar-refractivity contribution in [1.29, 1.82) is 0 Å². The summed E-state index contributed by atoms with van der Waals surface area (Å²) in [6, 6.07) is 16.2. The Morgan fingerprint density at radius 1 is 0.620 bits per heavy atom. The molecule has 0 saturated heterocycles. The number of rotatable bonds is 22. The third kappa shape index (κ3) is 17.6. The number of carbonyl (C=O) groups is 5. The van der Waals surface area contributed by atoms with E-state index in [0.29, 0.717) is 38.6 Å². The van der Waals surface area contributed by atoms with Gasteiger partial charge in [0.1, 0.15) is 17.9 Å². The van der Waals surface area contributed by atoms with E-state index in [9.17, 15) is 29.1 Å². The predicted octanol–water partition coefficient (Wildman–Crippen LogP) is 5.53. The Hall–Kier alpha value is -4.05. The highest BCUT2D eigenvalue weighted by Gasteiger charge is 2.31. The van der Waals surface area contributed by atoms with Gasteiger partial charge < -0.3 is 26.4 Å². The van der Waals surface area contributed by atoms with Crippen LogP contribution >= 0.6 is 0 Å². The molecule has 0 aromatic heterocycles. The molecule has 0 fully saturated rings. The number of aliphatic carboxylic acids is 1. The maximum absolute atomic E-state index is 13.7. The van der Waals surface area contributed by atoms with Gasteiger partial charge in [0.2, 0.25) is 17.7 Å². The molecule has 0 aliphatic rings. The van der Waals surface area contributed by atoms with Crippen molar-refractivity contribution in [3.63, 3.8) is 0 Å². The van der Waals surface area contributed by atoms with Gasteiger partial charge in [-0.3, -0.25) is 19.2 Å². The zero-order chi connectivity index (χ0) is 37.2. The van der Waals surface area contributed by atoms with Crippen LogP contribution in [0.4, 0.5) is 0 Å². The number of ketones is 1. The number of carboxylic acids is 1. The normalized spacial score (nSPS) is 13.5. The van der Waals surface area contributed by atoms with Crippen LogP contribution in [0, 0.1) is 5.41 Å². The van der Waals surface area contributed by atoms with Gasteiger partial charge in [0.25, 0.3) is 0 Å². The van der Waals surface area contributed by atoms with E-state index in [0.717, 1.165) is 36.8 Å². The Kier molecular flexibility index (Phi) is 17.9. The fourth-order valence-corrected chi connectivity index (χ4v) is 5.53. The van der Waals surface area contributed by atoms with Crippen molar-refractivity contribution >= 4 is 29.5 Å². The molecule has 276 valence electrons. The number of carboxylic acid groups (broad SMARTS) is 1. The Bertz CT molecular complexity index is 1350. The summed E-state index contributed by atoms with van der Waals surface area (Å²) in [5, 5.41) is 21.7. The van der Waals surface area contributed by atoms with Gasteiger partial charge in [-0.05, 0) is 70.4 Å². The van der Waals surface area contributed by atoms with Crippen molar-refractivity contribution < 1.29 is 29.1 Å². The predicted molar refractivity (Wildman–Crippen MR) is 197 cm³/mol. The van der Waals surface area contributed by atoms with Crippen LogP contribution < -0.4 is 21.3 Å². The number of hydrogen-bond acceptors (Lipinski definition) is 6. The molecule has 2 rings (SSSR count). The zero-order valence-corrected chi connectivity index (χ0v) is 31.0. The number of Topliss-reactive ketones (excluding diaryl/α,β-unsaturated/α-hetero) is 1. The first-order valence-electron chi connectivity index (χ1n) is 18.0. The van der Waals surface area contributed by atoms with Crippen LogP contribution in [0.2, 0.25) is 0 Å². The van der Waals surface area contributed by atoms with Gasteiger partial charge in [0, 0.05) is 36.8 Å². The molecule has 0 aliphatic heterocycles. The second-order valence-electron chi connectivity index (χ2n) is 15.2. The topological polar surface area (TPSA) is 154 Å². The molecule has 3 unspecified atom stereocenters. The zero-order valence-electron chi connectivity index (χ0n) is 31.0. The summed E-state index contributed by atoms with van der Waals surface area (Å²) < 4.78 is 0. The molecular weight excluding hydrogens is 632 g/mol. The molecule has 3 atom stereocenters. The average molecular weight is 693 g/mol. The van der Waals surface area contributed by atoms with Crippen LogP contribution in [0.15, 0.2) is 60.7 Å². The number of benzene rings is 2. The number of hydrogen-bond donors (Lipinski definition) is 5. The maximum atomic E-state index is 13.7. The first-order valence-corrected chi connectivity index (χ1v) is 18.0. The third-order valence-electron chi connectivity index (χ3n) is 8.37. The molecule has 0 heterocycles. The monoisotopic (exact) mass is 692 g/mol. The maximum Gasteiger partial charge on any atom is 0.326 e.